The Morgan fingerprint density at radius 1 is 1.62 bits per heavy atom. The van der Waals surface area contributed by atoms with Crippen LogP contribution in [0.5, 0.6) is 0 Å². The molecule has 0 aliphatic heterocycles. The van der Waals surface area contributed by atoms with E-state index in [0.29, 0.717) is 18.5 Å². The van der Waals surface area contributed by atoms with Gasteiger partial charge in [-0.3, -0.25) is 4.57 Å². The van der Waals surface area contributed by atoms with Crippen LogP contribution in [-0.4, -0.2) is 22.6 Å². The Kier molecular flexibility index (Phi) is 4.44. The van der Waals surface area contributed by atoms with Crippen LogP contribution in [0.1, 0.15) is 13.3 Å². The molecule has 0 spiro atoms. The topological polar surface area (TPSA) is 61.2 Å². The fourth-order valence-electron chi connectivity index (χ4n) is 1.24. The molecule has 0 N–H and O–H groups in total. The molecule has 16 heavy (non-hydrogen) atoms. The summed E-state index contributed by atoms with van der Waals surface area (Å²) in [7, 11) is 1.34. The van der Waals surface area contributed by atoms with Gasteiger partial charge in [0.2, 0.25) is 0 Å². The summed E-state index contributed by atoms with van der Waals surface area (Å²) in [6.07, 6.45) is 5.30. The van der Waals surface area contributed by atoms with Crippen LogP contribution in [0.3, 0.4) is 0 Å². The second kappa shape index (κ2) is 5.85. The van der Waals surface area contributed by atoms with E-state index in [1.54, 1.807) is 18.3 Å². The van der Waals surface area contributed by atoms with E-state index >= 15 is 0 Å². The summed E-state index contributed by atoms with van der Waals surface area (Å²) in [5.41, 5.74) is 0.220. The monoisotopic (exact) mass is 222 g/mol. The summed E-state index contributed by atoms with van der Waals surface area (Å²) in [4.78, 5) is 26.1. The van der Waals surface area contributed by atoms with Crippen LogP contribution in [0.25, 0.3) is 0 Å². The molecule has 0 radical (unpaired) electrons. The van der Waals surface area contributed by atoms with Crippen molar-refractivity contribution in [2.75, 3.05) is 7.11 Å². The van der Waals surface area contributed by atoms with Gasteiger partial charge in [-0.25, -0.2) is 14.6 Å². The molecule has 0 saturated carbocycles. The number of nitrogens with zero attached hydrogens (tertiary/aromatic N) is 2. The van der Waals surface area contributed by atoms with E-state index in [1.165, 1.54) is 17.9 Å². The Hall–Kier alpha value is -1.91. The zero-order valence-corrected chi connectivity index (χ0v) is 9.34. The quantitative estimate of drug-likeness (QED) is 0.557. The van der Waals surface area contributed by atoms with Gasteiger partial charge in [-0.1, -0.05) is 13.0 Å². The number of hydrogen-bond donors (Lipinski definition) is 0. The molecule has 86 valence electrons. The third kappa shape index (κ3) is 3.05. The second-order valence-corrected chi connectivity index (χ2v) is 3.13. The van der Waals surface area contributed by atoms with E-state index in [9.17, 15) is 9.59 Å². The number of carbonyl (C=O) groups excluding carboxylic acids is 1. The Labute approximate surface area is 93.4 Å². The standard InChI is InChI=1S/C11H14N2O3/c1-3-9(10(14)16-2)5-8-13-7-4-6-12-11(13)15/h4-7H,3,8H2,1-2H3. The number of methoxy groups -OCH3 is 1. The lowest BCUT2D eigenvalue weighted by Crippen LogP contribution is -2.21. The number of carbonyl (C=O) groups is 1. The zero-order valence-electron chi connectivity index (χ0n) is 9.34. The molecule has 5 nitrogen and oxygen atoms in total. The number of rotatable bonds is 4. The SMILES string of the molecule is CCC(=CCn1cccnc1=O)C(=O)OC. The largest absolute Gasteiger partial charge is 0.466 e. The summed E-state index contributed by atoms with van der Waals surface area (Å²) in [5, 5.41) is 0. The number of ether oxygens (including phenoxy) is 1. The van der Waals surface area contributed by atoms with Crippen molar-refractivity contribution in [3.05, 3.63) is 40.6 Å². The maximum atomic E-state index is 11.3. The molecule has 0 fully saturated rings. The van der Waals surface area contributed by atoms with Crippen molar-refractivity contribution in [1.82, 2.24) is 9.55 Å². The van der Waals surface area contributed by atoms with E-state index in [2.05, 4.69) is 9.72 Å². The van der Waals surface area contributed by atoms with Gasteiger partial charge >= 0.3 is 11.7 Å². The van der Waals surface area contributed by atoms with E-state index < -0.39 is 0 Å². The molecule has 1 aromatic heterocycles. The first-order valence-corrected chi connectivity index (χ1v) is 4.97. The van der Waals surface area contributed by atoms with E-state index in [1.807, 2.05) is 6.92 Å². The van der Waals surface area contributed by atoms with Crippen LogP contribution in [0, 0.1) is 0 Å². The fraction of sp³-hybridized carbons (Fsp3) is 0.364. The first-order valence-electron chi connectivity index (χ1n) is 4.97. The minimum Gasteiger partial charge on any atom is -0.466 e. The van der Waals surface area contributed by atoms with Gasteiger partial charge in [0, 0.05) is 24.5 Å². The summed E-state index contributed by atoms with van der Waals surface area (Å²) in [6, 6.07) is 1.67. The van der Waals surface area contributed by atoms with Crippen LogP contribution in [0.4, 0.5) is 0 Å². The molecule has 0 saturated heterocycles. The summed E-state index contributed by atoms with van der Waals surface area (Å²) < 4.78 is 6.03. The predicted octanol–water partition coefficient (Wildman–Crippen LogP) is 0.753. The summed E-state index contributed by atoms with van der Waals surface area (Å²) in [6.45, 7) is 2.18. The Bertz CT molecular complexity index is 449. The minimum absolute atomic E-state index is 0.324. The molecule has 1 heterocycles. The molecule has 5 heteroatoms. The lowest BCUT2D eigenvalue weighted by molar-refractivity contribution is -0.136. The third-order valence-electron chi connectivity index (χ3n) is 2.15. The lowest BCUT2D eigenvalue weighted by Gasteiger charge is -2.03. The van der Waals surface area contributed by atoms with E-state index in [-0.39, 0.29) is 11.7 Å². The fourth-order valence-corrected chi connectivity index (χ4v) is 1.24. The molecule has 1 rings (SSSR count). The maximum absolute atomic E-state index is 11.3. The van der Waals surface area contributed by atoms with Crippen LogP contribution < -0.4 is 5.69 Å². The highest BCUT2D eigenvalue weighted by Crippen LogP contribution is 2.03. The number of esters is 1. The van der Waals surface area contributed by atoms with Crippen molar-refractivity contribution in [2.24, 2.45) is 0 Å². The highest BCUT2D eigenvalue weighted by molar-refractivity contribution is 5.88. The second-order valence-electron chi connectivity index (χ2n) is 3.13. The Morgan fingerprint density at radius 3 is 2.94 bits per heavy atom. The molecule has 0 aliphatic rings. The maximum Gasteiger partial charge on any atom is 0.347 e. The van der Waals surface area contributed by atoms with Crippen molar-refractivity contribution in [2.45, 2.75) is 19.9 Å². The van der Waals surface area contributed by atoms with Gasteiger partial charge in [0.05, 0.1) is 7.11 Å². The molecule has 1 aromatic rings. The number of allylic oxidation sites excluding steroid dienone is 1. The molecule has 0 aliphatic carbocycles. The lowest BCUT2D eigenvalue weighted by atomic mass is 10.2. The number of aromatic nitrogens is 2. The van der Waals surface area contributed by atoms with Crippen molar-refractivity contribution in [1.29, 1.82) is 0 Å². The van der Waals surface area contributed by atoms with Gasteiger partial charge in [-0.15, -0.1) is 0 Å². The van der Waals surface area contributed by atoms with Gasteiger partial charge in [0.15, 0.2) is 0 Å². The van der Waals surface area contributed by atoms with Gasteiger partial charge < -0.3 is 4.74 Å². The summed E-state index contributed by atoms with van der Waals surface area (Å²) >= 11 is 0. The molecule has 0 amide bonds. The number of hydrogen-bond acceptors (Lipinski definition) is 4. The summed E-state index contributed by atoms with van der Waals surface area (Å²) in [5.74, 6) is -0.362. The molecule has 0 atom stereocenters. The highest BCUT2D eigenvalue weighted by Gasteiger charge is 2.06. The van der Waals surface area contributed by atoms with Crippen molar-refractivity contribution in [3.63, 3.8) is 0 Å². The smallest absolute Gasteiger partial charge is 0.347 e. The molecule has 0 aromatic carbocycles. The van der Waals surface area contributed by atoms with Crippen LogP contribution in [-0.2, 0) is 16.1 Å². The normalized spacial score (nSPS) is 11.2. The van der Waals surface area contributed by atoms with Crippen molar-refractivity contribution in [3.8, 4) is 0 Å². The van der Waals surface area contributed by atoms with Crippen molar-refractivity contribution >= 4 is 5.97 Å². The van der Waals surface area contributed by atoms with Crippen molar-refractivity contribution < 1.29 is 9.53 Å². The van der Waals surface area contributed by atoms with Crippen LogP contribution >= 0.6 is 0 Å². The van der Waals surface area contributed by atoms with Gasteiger partial charge in [-0.2, -0.15) is 0 Å². The highest BCUT2D eigenvalue weighted by atomic mass is 16.5. The molecule has 0 bridgehead atoms. The average molecular weight is 222 g/mol. The van der Waals surface area contributed by atoms with Crippen LogP contribution in [0.15, 0.2) is 34.9 Å². The molecular weight excluding hydrogens is 208 g/mol. The van der Waals surface area contributed by atoms with Gasteiger partial charge in [0.1, 0.15) is 0 Å². The molecular formula is C11H14N2O3. The van der Waals surface area contributed by atoms with E-state index in [4.69, 9.17) is 0 Å². The van der Waals surface area contributed by atoms with Gasteiger partial charge in [-0.05, 0) is 12.5 Å². The van der Waals surface area contributed by atoms with Crippen LogP contribution in [0.2, 0.25) is 0 Å². The first kappa shape index (κ1) is 12.2. The average Bonchev–Trinajstić information content (AvgIpc) is 2.31. The minimum atomic E-state index is -0.362. The first-order chi connectivity index (χ1) is 7.69. The third-order valence-corrected chi connectivity index (χ3v) is 2.15. The zero-order chi connectivity index (χ0) is 12.0. The Morgan fingerprint density at radius 2 is 2.38 bits per heavy atom. The predicted molar refractivity (Wildman–Crippen MR) is 58.9 cm³/mol. The molecule has 0 unspecified atom stereocenters. The Balaban J connectivity index is 2.82. The van der Waals surface area contributed by atoms with E-state index in [0.717, 1.165) is 0 Å². The van der Waals surface area contributed by atoms with Gasteiger partial charge in [0.25, 0.3) is 0 Å².